The molecular weight excluding hydrogens is 446 g/mol. The standard InChI is InChI=1S/C26H27N5O2S/c1-4-31-24(18(3)27-25(33)21-11-7-8-17(2)14-21)29-30-26(31)34-16-23(32)28-22-13-12-19-9-5-6-10-20(19)15-22/h5-15,18H,4,16H2,1-3H3,(H,27,33)(H,28,32)/t18-/m0/s1. The van der Waals surface area contributed by atoms with Gasteiger partial charge in [0.1, 0.15) is 0 Å². The Labute approximate surface area is 203 Å². The van der Waals surface area contributed by atoms with Gasteiger partial charge in [-0.05, 0) is 55.8 Å². The highest BCUT2D eigenvalue weighted by Crippen LogP contribution is 2.22. The lowest BCUT2D eigenvalue weighted by atomic mass is 10.1. The second-order valence-electron chi connectivity index (χ2n) is 8.05. The maximum atomic E-state index is 12.6. The van der Waals surface area contributed by atoms with Crippen LogP contribution >= 0.6 is 11.8 Å². The Balaban J connectivity index is 1.38. The van der Waals surface area contributed by atoms with Crippen LogP contribution in [0.25, 0.3) is 10.8 Å². The summed E-state index contributed by atoms with van der Waals surface area (Å²) in [6.07, 6.45) is 0. The second kappa shape index (κ2) is 10.5. The summed E-state index contributed by atoms with van der Waals surface area (Å²) in [6.45, 7) is 6.45. The van der Waals surface area contributed by atoms with E-state index in [9.17, 15) is 9.59 Å². The summed E-state index contributed by atoms with van der Waals surface area (Å²) in [7, 11) is 0. The molecule has 0 bridgehead atoms. The van der Waals surface area contributed by atoms with E-state index in [1.54, 1.807) is 6.07 Å². The molecule has 1 aromatic heterocycles. The van der Waals surface area contributed by atoms with Gasteiger partial charge in [-0.1, -0.05) is 59.8 Å². The van der Waals surface area contributed by atoms with Crippen molar-refractivity contribution in [1.82, 2.24) is 20.1 Å². The van der Waals surface area contributed by atoms with Gasteiger partial charge < -0.3 is 15.2 Å². The number of nitrogens with one attached hydrogen (secondary N) is 2. The number of anilines is 1. The third-order valence-corrected chi connectivity index (χ3v) is 6.41. The first-order chi connectivity index (χ1) is 16.4. The molecular formula is C26H27N5O2S. The summed E-state index contributed by atoms with van der Waals surface area (Å²) in [5, 5.41) is 17.3. The number of carbonyl (C=O) groups excluding carboxylic acids is 2. The van der Waals surface area contributed by atoms with Gasteiger partial charge in [-0.3, -0.25) is 9.59 Å². The minimum atomic E-state index is -0.332. The summed E-state index contributed by atoms with van der Waals surface area (Å²) >= 11 is 1.32. The van der Waals surface area contributed by atoms with Gasteiger partial charge >= 0.3 is 0 Å². The fourth-order valence-electron chi connectivity index (χ4n) is 3.75. The summed E-state index contributed by atoms with van der Waals surface area (Å²) in [6, 6.07) is 21.0. The Hall–Kier alpha value is -3.65. The number of amides is 2. The molecule has 4 aromatic rings. The van der Waals surface area contributed by atoms with Gasteiger partial charge in [0.25, 0.3) is 5.91 Å². The first-order valence-electron chi connectivity index (χ1n) is 11.2. The highest BCUT2D eigenvalue weighted by Gasteiger charge is 2.20. The lowest BCUT2D eigenvalue weighted by Crippen LogP contribution is -2.28. The van der Waals surface area contributed by atoms with Crippen LogP contribution in [0.3, 0.4) is 0 Å². The predicted octanol–water partition coefficient (Wildman–Crippen LogP) is 4.98. The largest absolute Gasteiger partial charge is 0.342 e. The van der Waals surface area contributed by atoms with Crippen molar-refractivity contribution in [2.24, 2.45) is 0 Å². The van der Waals surface area contributed by atoms with Gasteiger partial charge in [0.2, 0.25) is 5.91 Å². The van der Waals surface area contributed by atoms with E-state index in [4.69, 9.17) is 0 Å². The van der Waals surface area contributed by atoms with Crippen molar-refractivity contribution in [2.45, 2.75) is 38.5 Å². The van der Waals surface area contributed by atoms with Crippen molar-refractivity contribution >= 4 is 40.0 Å². The van der Waals surface area contributed by atoms with Crippen LogP contribution in [0, 0.1) is 6.92 Å². The lowest BCUT2D eigenvalue weighted by molar-refractivity contribution is -0.113. The van der Waals surface area contributed by atoms with Crippen LogP contribution in [0.2, 0.25) is 0 Å². The summed E-state index contributed by atoms with van der Waals surface area (Å²) < 4.78 is 1.93. The molecule has 0 saturated carbocycles. The van der Waals surface area contributed by atoms with Crippen molar-refractivity contribution in [2.75, 3.05) is 11.1 Å². The minimum absolute atomic E-state index is 0.117. The zero-order valence-corrected chi connectivity index (χ0v) is 20.2. The molecule has 3 aromatic carbocycles. The Bertz CT molecular complexity index is 1330. The Morgan fingerprint density at radius 3 is 2.56 bits per heavy atom. The van der Waals surface area contributed by atoms with Gasteiger partial charge in [0.15, 0.2) is 11.0 Å². The predicted molar refractivity (Wildman–Crippen MR) is 136 cm³/mol. The van der Waals surface area contributed by atoms with Crippen LogP contribution in [0.15, 0.2) is 71.9 Å². The van der Waals surface area contributed by atoms with Crippen molar-refractivity contribution in [3.63, 3.8) is 0 Å². The highest BCUT2D eigenvalue weighted by molar-refractivity contribution is 7.99. The molecule has 174 valence electrons. The topological polar surface area (TPSA) is 88.9 Å². The average Bonchev–Trinajstić information content (AvgIpc) is 3.26. The van der Waals surface area contributed by atoms with Crippen LogP contribution in [0.1, 0.15) is 41.6 Å². The Kier molecular flexibility index (Phi) is 7.27. The molecule has 0 aliphatic carbocycles. The van der Waals surface area contributed by atoms with Crippen LogP contribution in [0.5, 0.6) is 0 Å². The Morgan fingerprint density at radius 1 is 1.00 bits per heavy atom. The van der Waals surface area contributed by atoms with Crippen LogP contribution in [-0.2, 0) is 11.3 Å². The number of hydrogen-bond acceptors (Lipinski definition) is 5. The molecule has 0 fully saturated rings. The van der Waals surface area contributed by atoms with Crippen molar-refractivity contribution in [3.8, 4) is 0 Å². The molecule has 0 spiro atoms. The fraction of sp³-hybridized carbons (Fsp3) is 0.231. The van der Waals surface area contributed by atoms with Gasteiger partial charge in [-0.25, -0.2) is 0 Å². The molecule has 0 aliphatic heterocycles. The van der Waals surface area contributed by atoms with Gasteiger partial charge in [-0.15, -0.1) is 10.2 Å². The lowest BCUT2D eigenvalue weighted by Gasteiger charge is -2.15. The quantitative estimate of drug-likeness (QED) is 0.352. The van der Waals surface area contributed by atoms with E-state index in [1.807, 2.05) is 86.0 Å². The van der Waals surface area contributed by atoms with Crippen molar-refractivity contribution < 1.29 is 9.59 Å². The maximum Gasteiger partial charge on any atom is 0.251 e. The van der Waals surface area contributed by atoms with Crippen LogP contribution < -0.4 is 10.6 Å². The van der Waals surface area contributed by atoms with E-state index in [1.165, 1.54) is 11.8 Å². The Morgan fingerprint density at radius 2 is 1.79 bits per heavy atom. The van der Waals surface area contributed by atoms with E-state index in [2.05, 4.69) is 20.8 Å². The second-order valence-corrected chi connectivity index (χ2v) is 8.99. The van der Waals surface area contributed by atoms with Crippen molar-refractivity contribution in [3.05, 3.63) is 83.7 Å². The SMILES string of the molecule is CCn1c(SCC(=O)Nc2ccc3ccccc3c2)nnc1[C@H](C)NC(=O)c1cccc(C)c1. The number of aromatic nitrogens is 3. The van der Waals surface area contributed by atoms with Gasteiger partial charge in [0, 0.05) is 17.8 Å². The van der Waals surface area contributed by atoms with E-state index in [0.717, 1.165) is 22.0 Å². The van der Waals surface area contributed by atoms with E-state index < -0.39 is 0 Å². The zero-order chi connectivity index (χ0) is 24.1. The number of rotatable bonds is 8. The number of thioether (sulfide) groups is 1. The smallest absolute Gasteiger partial charge is 0.251 e. The maximum absolute atomic E-state index is 12.6. The number of aryl methyl sites for hydroxylation is 1. The molecule has 2 amide bonds. The molecule has 7 nitrogen and oxygen atoms in total. The van der Waals surface area contributed by atoms with Gasteiger partial charge in [-0.2, -0.15) is 0 Å². The number of carbonyl (C=O) groups is 2. The molecule has 0 radical (unpaired) electrons. The summed E-state index contributed by atoms with van der Waals surface area (Å²) in [5.41, 5.74) is 2.39. The fourth-order valence-corrected chi connectivity index (χ4v) is 4.56. The number of fused-ring (bicyclic) bond motifs is 1. The van der Waals surface area contributed by atoms with E-state index >= 15 is 0 Å². The van der Waals surface area contributed by atoms with E-state index in [-0.39, 0.29) is 23.6 Å². The van der Waals surface area contributed by atoms with E-state index in [0.29, 0.717) is 23.1 Å². The molecule has 8 heteroatoms. The average molecular weight is 474 g/mol. The number of nitrogens with zero attached hydrogens (tertiary/aromatic N) is 3. The molecule has 1 atom stereocenters. The highest BCUT2D eigenvalue weighted by atomic mass is 32.2. The van der Waals surface area contributed by atoms with Crippen LogP contribution in [-0.4, -0.2) is 32.3 Å². The minimum Gasteiger partial charge on any atom is -0.342 e. The van der Waals surface area contributed by atoms with Crippen LogP contribution in [0.4, 0.5) is 5.69 Å². The molecule has 2 N–H and O–H groups in total. The molecule has 4 rings (SSSR count). The summed E-state index contributed by atoms with van der Waals surface area (Å²) in [4.78, 5) is 25.2. The first-order valence-corrected chi connectivity index (χ1v) is 12.1. The zero-order valence-electron chi connectivity index (χ0n) is 19.4. The number of hydrogen-bond donors (Lipinski definition) is 2. The molecule has 0 saturated heterocycles. The number of benzene rings is 3. The third-order valence-electron chi connectivity index (χ3n) is 5.44. The molecule has 0 aliphatic rings. The van der Waals surface area contributed by atoms with Gasteiger partial charge in [0.05, 0.1) is 11.8 Å². The molecule has 34 heavy (non-hydrogen) atoms. The molecule has 0 unspecified atom stereocenters. The van der Waals surface area contributed by atoms with Crippen molar-refractivity contribution in [1.29, 1.82) is 0 Å². The normalized spacial score (nSPS) is 11.9. The first kappa shape index (κ1) is 23.5. The monoisotopic (exact) mass is 473 g/mol. The third kappa shape index (κ3) is 5.46. The molecule has 1 heterocycles. The summed E-state index contributed by atoms with van der Waals surface area (Å²) in [5.74, 6) is 0.578.